The zero-order valence-electron chi connectivity index (χ0n) is 27.9. The fourth-order valence-corrected chi connectivity index (χ4v) is 9.24. The average molecular weight is 684 g/mol. The van der Waals surface area contributed by atoms with Gasteiger partial charge in [0.1, 0.15) is 11.2 Å². The second-order valence-corrected chi connectivity index (χ2v) is 14.2. The number of para-hydroxylation sites is 4. The summed E-state index contributed by atoms with van der Waals surface area (Å²) in [5, 5.41) is 6.76. The van der Waals surface area contributed by atoms with Crippen molar-refractivity contribution in [2.45, 2.75) is 0 Å². The number of benzene rings is 8. The Morgan fingerprint density at radius 3 is 1.63 bits per heavy atom. The van der Waals surface area contributed by atoms with Crippen molar-refractivity contribution < 1.29 is 8.83 Å². The minimum Gasteiger partial charge on any atom is -0.454 e. The molecule has 0 saturated carbocycles. The first-order valence-electron chi connectivity index (χ1n) is 17.5. The zero-order valence-corrected chi connectivity index (χ0v) is 28.7. The van der Waals surface area contributed by atoms with Gasteiger partial charge < -0.3 is 13.7 Å². The predicted octanol–water partition coefficient (Wildman–Crippen LogP) is 14.7. The highest BCUT2D eigenvalue weighted by atomic mass is 32.1. The molecule has 3 aromatic heterocycles. The van der Waals surface area contributed by atoms with Crippen LogP contribution in [0.1, 0.15) is 0 Å². The maximum absolute atomic E-state index is 7.05. The van der Waals surface area contributed by atoms with Gasteiger partial charge in [0.15, 0.2) is 11.2 Å². The largest absolute Gasteiger partial charge is 0.454 e. The van der Waals surface area contributed by atoms with Crippen molar-refractivity contribution in [2.75, 3.05) is 4.90 Å². The summed E-state index contributed by atoms with van der Waals surface area (Å²) < 4.78 is 16.3. The highest BCUT2D eigenvalue weighted by Gasteiger charge is 2.26. The van der Waals surface area contributed by atoms with E-state index >= 15 is 0 Å². The first-order chi connectivity index (χ1) is 25.8. The lowest BCUT2D eigenvalue weighted by atomic mass is 10.0. The molecule has 0 spiro atoms. The van der Waals surface area contributed by atoms with Crippen molar-refractivity contribution in [1.82, 2.24) is 0 Å². The smallest absolute Gasteiger partial charge is 0.159 e. The van der Waals surface area contributed by atoms with Gasteiger partial charge in [0.2, 0.25) is 0 Å². The highest BCUT2D eigenvalue weighted by Crippen LogP contribution is 2.51. The van der Waals surface area contributed by atoms with Gasteiger partial charge in [0, 0.05) is 47.3 Å². The maximum Gasteiger partial charge on any atom is 0.159 e. The highest BCUT2D eigenvalue weighted by molar-refractivity contribution is 7.26. The molecule has 0 bridgehead atoms. The van der Waals surface area contributed by atoms with Crippen LogP contribution in [-0.2, 0) is 0 Å². The Labute approximate surface area is 303 Å². The first kappa shape index (κ1) is 29.1. The Balaban J connectivity index is 1.25. The zero-order chi connectivity index (χ0) is 34.2. The Morgan fingerprint density at radius 2 is 0.885 bits per heavy atom. The Kier molecular flexibility index (Phi) is 6.42. The molecule has 0 aliphatic carbocycles. The minimum atomic E-state index is 0.829. The van der Waals surface area contributed by atoms with Gasteiger partial charge in [-0.2, -0.15) is 0 Å². The number of hydrogen-bond acceptors (Lipinski definition) is 4. The number of furan rings is 2. The lowest BCUT2D eigenvalue weighted by molar-refractivity contribution is 0.667. The van der Waals surface area contributed by atoms with Crippen LogP contribution in [0.3, 0.4) is 0 Å². The molecule has 0 N–H and O–H groups in total. The molecule has 11 rings (SSSR count). The molecule has 0 fully saturated rings. The van der Waals surface area contributed by atoms with Gasteiger partial charge in [-0.05, 0) is 47.0 Å². The molecule has 0 radical (unpaired) electrons. The topological polar surface area (TPSA) is 29.5 Å². The molecule has 0 aliphatic rings. The van der Waals surface area contributed by atoms with Crippen LogP contribution >= 0.6 is 11.3 Å². The second-order valence-electron chi connectivity index (χ2n) is 13.2. The first-order valence-corrected chi connectivity index (χ1v) is 18.3. The number of nitrogens with zero attached hydrogens (tertiary/aromatic N) is 1. The van der Waals surface area contributed by atoms with E-state index in [0.717, 1.165) is 72.1 Å². The van der Waals surface area contributed by atoms with Crippen LogP contribution in [0, 0.1) is 0 Å². The van der Waals surface area contributed by atoms with E-state index in [0.29, 0.717) is 0 Å². The molecular weight excluding hydrogens is 655 g/mol. The normalized spacial score (nSPS) is 11.8. The average Bonchev–Trinajstić information content (AvgIpc) is 3.91. The summed E-state index contributed by atoms with van der Waals surface area (Å²) in [7, 11) is 0. The summed E-state index contributed by atoms with van der Waals surface area (Å²) in [6, 6.07) is 62.2. The number of hydrogen-bond donors (Lipinski definition) is 0. The van der Waals surface area contributed by atoms with E-state index in [-0.39, 0.29) is 0 Å². The predicted molar refractivity (Wildman–Crippen MR) is 219 cm³/mol. The van der Waals surface area contributed by atoms with Gasteiger partial charge >= 0.3 is 0 Å². The lowest BCUT2D eigenvalue weighted by Gasteiger charge is -2.26. The third-order valence-corrected chi connectivity index (χ3v) is 11.5. The fraction of sp³-hybridized carbons (Fsp3) is 0. The lowest BCUT2D eigenvalue weighted by Crippen LogP contribution is -2.11. The van der Waals surface area contributed by atoms with Crippen LogP contribution in [0.25, 0.3) is 86.3 Å². The van der Waals surface area contributed by atoms with Crippen LogP contribution in [0.2, 0.25) is 0 Å². The van der Waals surface area contributed by atoms with Crippen molar-refractivity contribution in [3.63, 3.8) is 0 Å². The maximum atomic E-state index is 7.05. The standard InChI is InChI=1S/C48H29NO2S/c1-3-14-30(15-4-1)32-19-9-21-36-37-23-12-27-41(47(37)51-45(32)36)49(40-26-11-22-35-34-18-7-8-28-42(34)50-46(35)40)39-25-13-29-43-44(39)38-24-10-20-33(48(38)52-43)31-16-5-2-6-17-31/h1-29H. The van der Waals surface area contributed by atoms with Crippen LogP contribution in [0.15, 0.2) is 185 Å². The summed E-state index contributed by atoms with van der Waals surface area (Å²) in [6.07, 6.45) is 0. The van der Waals surface area contributed by atoms with Gasteiger partial charge in [-0.1, -0.05) is 146 Å². The second kappa shape index (κ2) is 11.5. The summed E-state index contributed by atoms with van der Waals surface area (Å²) in [4.78, 5) is 2.36. The van der Waals surface area contributed by atoms with E-state index < -0.39 is 0 Å². The van der Waals surface area contributed by atoms with Gasteiger partial charge in [-0.25, -0.2) is 0 Å². The van der Waals surface area contributed by atoms with Crippen molar-refractivity contribution in [1.29, 1.82) is 0 Å². The third kappa shape index (κ3) is 4.31. The molecule has 0 unspecified atom stereocenters. The molecule has 4 heteroatoms. The van der Waals surface area contributed by atoms with Gasteiger partial charge in [-0.15, -0.1) is 11.3 Å². The number of thiophene rings is 1. The summed E-state index contributed by atoms with van der Waals surface area (Å²) in [5.74, 6) is 0. The molecule has 8 aromatic carbocycles. The van der Waals surface area contributed by atoms with Gasteiger partial charge in [-0.3, -0.25) is 0 Å². The van der Waals surface area contributed by atoms with Crippen molar-refractivity contribution in [3.05, 3.63) is 176 Å². The molecule has 0 saturated heterocycles. The van der Waals surface area contributed by atoms with Crippen molar-refractivity contribution >= 4 is 92.4 Å². The Morgan fingerprint density at radius 1 is 0.365 bits per heavy atom. The third-order valence-electron chi connectivity index (χ3n) is 10.3. The molecule has 0 atom stereocenters. The van der Waals surface area contributed by atoms with Crippen molar-refractivity contribution in [2.24, 2.45) is 0 Å². The van der Waals surface area contributed by atoms with E-state index in [1.165, 1.54) is 31.3 Å². The SMILES string of the molecule is c1ccc(-c2cccc3c2oc2c(N(c4cccc5c4oc4ccccc45)c4cccc5sc6c(-c7ccccc7)cccc6c45)cccc23)cc1. The van der Waals surface area contributed by atoms with E-state index in [2.05, 4.69) is 169 Å². The monoisotopic (exact) mass is 683 g/mol. The molecule has 0 amide bonds. The van der Waals surface area contributed by atoms with E-state index in [4.69, 9.17) is 8.83 Å². The van der Waals surface area contributed by atoms with Crippen LogP contribution < -0.4 is 4.90 Å². The molecule has 52 heavy (non-hydrogen) atoms. The number of fused-ring (bicyclic) bond motifs is 9. The van der Waals surface area contributed by atoms with E-state index in [1.807, 2.05) is 23.5 Å². The molecule has 244 valence electrons. The quantitative estimate of drug-likeness (QED) is 0.181. The molecule has 3 nitrogen and oxygen atoms in total. The van der Waals surface area contributed by atoms with E-state index in [1.54, 1.807) is 0 Å². The van der Waals surface area contributed by atoms with Gasteiger partial charge in [0.25, 0.3) is 0 Å². The van der Waals surface area contributed by atoms with Crippen molar-refractivity contribution in [3.8, 4) is 22.3 Å². The summed E-state index contributed by atoms with van der Waals surface area (Å²) in [6.45, 7) is 0. The van der Waals surface area contributed by atoms with Crippen LogP contribution in [0.5, 0.6) is 0 Å². The summed E-state index contributed by atoms with van der Waals surface area (Å²) >= 11 is 1.85. The fourth-order valence-electron chi connectivity index (χ4n) is 7.98. The Bertz CT molecular complexity index is 3130. The van der Waals surface area contributed by atoms with E-state index in [9.17, 15) is 0 Å². The van der Waals surface area contributed by atoms with Gasteiger partial charge in [0.05, 0.1) is 17.1 Å². The molecule has 11 aromatic rings. The van der Waals surface area contributed by atoms with Crippen LogP contribution in [-0.4, -0.2) is 0 Å². The summed E-state index contributed by atoms with van der Waals surface area (Å²) in [5.41, 5.74) is 11.0. The Hall–Kier alpha value is -6.62. The minimum absolute atomic E-state index is 0.829. The van der Waals surface area contributed by atoms with Crippen LogP contribution in [0.4, 0.5) is 17.1 Å². The molecule has 0 aliphatic heterocycles. The molecule has 3 heterocycles. The number of rotatable bonds is 5. The number of anilines is 3. The molecular formula is C48H29NO2S.